The second-order valence-electron chi connectivity index (χ2n) is 6.40. The Morgan fingerprint density at radius 2 is 1.97 bits per heavy atom. The minimum atomic E-state index is -0.356. The quantitative estimate of drug-likeness (QED) is 0.242. The minimum Gasteiger partial charge on any atom is -0.497 e. The number of benzene rings is 2. The van der Waals surface area contributed by atoms with Crippen LogP contribution in [0.4, 0.5) is 0 Å². The van der Waals surface area contributed by atoms with Gasteiger partial charge in [-0.3, -0.25) is 9.36 Å². The van der Waals surface area contributed by atoms with E-state index >= 15 is 0 Å². The number of thioether (sulfide) groups is 1. The van der Waals surface area contributed by atoms with Crippen molar-refractivity contribution in [3.8, 4) is 11.5 Å². The fraction of sp³-hybridized carbons (Fsp3) is 0.227. The summed E-state index contributed by atoms with van der Waals surface area (Å²) in [5, 5.41) is 9.79. The van der Waals surface area contributed by atoms with E-state index in [1.54, 1.807) is 37.5 Å². The van der Waals surface area contributed by atoms with Crippen LogP contribution in [-0.2, 0) is 6.54 Å². The number of Topliss-reactive ketones (excluding diaryl/α,β-unsaturated/α-hetero) is 1. The number of hydrogen-bond donors (Lipinski definition) is 0. The van der Waals surface area contributed by atoms with Crippen molar-refractivity contribution < 1.29 is 14.3 Å². The van der Waals surface area contributed by atoms with Gasteiger partial charge in [0.15, 0.2) is 22.9 Å². The summed E-state index contributed by atoms with van der Waals surface area (Å²) in [6, 6.07) is 14.2. The molecular formula is C22H22ClN3O3S. The van der Waals surface area contributed by atoms with E-state index in [2.05, 4.69) is 16.8 Å². The van der Waals surface area contributed by atoms with Crippen LogP contribution < -0.4 is 9.47 Å². The second-order valence-corrected chi connectivity index (χ2v) is 7.78. The molecule has 0 saturated heterocycles. The van der Waals surface area contributed by atoms with Crippen molar-refractivity contribution in [1.82, 2.24) is 14.8 Å². The van der Waals surface area contributed by atoms with E-state index in [9.17, 15) is 4.79 Å². The summed E-state index contributed by atoms with van der Waals surface area (Å²) in [5.74, 6) is 2.26. The molecule has 0 aliphatic heterocycles. The summed E-state index contributed by atoms with van der Waals surface area (Å²) >= 11 is 7.21. The molecule has 0 aliphatic carbocycles. The number of halogens is 1. The van der Waals surface area contributed by atoms with E-state index in [0.717, 1.165) is 0 Å². The first-order valence-corrected chi connectivity index (χ1v) is 10.6. The molecular weight excluding hydrogens is 422 g/mol. The number of ketones is 1. The summed E-state index contributed by atoms with van der Waals surface area (Å²) in [4.78, 5) is 12.5. The lowest BCUT2D eigenvalue weighted by Gasteiger charge is -2.16. The summed E-state index contributed by atoms with van der Waals surface area (Å²) in [7, 11) is 1.61. The van der Waals surface area contributed by atoms with Gasteiger partial charge >= 0.3 is 0 Å². The maximum atomic E-state index is 12.5. The summed E-state index contributed by atoms with van der Waals surface area (Å²) in [6.45, 7) is 6.22. The zero-order chi connectivity index (χ0) is 21.5. The third-order valence-electron chi connectivity index (χ3n) is 4.27. The van der Waals surface area contributed by atoms with Gasteiger partial charge in [-0.25, -0.2) is 0 Å². The van der Waals surface area contributed by atoms with Gasteiger partial charge in [0.1, 0.15) is 11.5 Å². The van der Waals surface area contributed by atoms with E-state index in [1.807, 2.05) is 35.8 Å². The van der Waals surface area contributed by atoms with Gasteiger partial charge in [-0.15, -0.1) is 16.8 Å². The Kier molecular flexibility index (Phi) is 7.54. The van der Waals surface area contributed by atoms with Crippen molar-refractivity contribution >= 4 is 29.1 Å². The highest BCUT2D eigenvalue weighted by Gasteiger charge is 2.20. The molecule has 0 fully saturated rings. The number of hydrogen-bond acceptors (Lipinski definition) is 6. The van der Waals surface area contributed by atoms with Gasteiger partial charge in [-0.2, -0.15) is 0 Å². The van der Waals surface area contributed by atoms with Crippen LogP contribution in [0, 0.1) is 0 Å². The standard InChI is InChI=1S/C22H22ClN3O3S/c1-4-12-26-21(15(2)29-19-7-5-6-18(13-19)28-3)24-25-22(26)30-14-20(27)16-8-10-17(23)11-9-16/h4-11,13,15H,1,12,14H2,2-3H3. The number of allylic oxidation sites excluding steroid dienone is 1. The highest BCUT2D eigenvalue weighted by molar-refractivity contribution is 7.99. The normalized spacial score (nSPS) is 11.7. The number of aromatic nitrogens is 3. The first-order valence-electron chi connectivity index (χ1n) is 9.28. The van der Waals surface area contributed by atoms with Crippen LogP contribution in [-0.4, -0.2) is 33.4 Å². The van der Waals surface area contributed by atoms with Crippen molar-refractivity contribution in [2.24, 2.45) is 0 Å². The number of ether oxygens (including phenoxy) is 2. The Balaban J connectivity index is 1.72. The molecule has 0 spiro atoms. The van der Waals surface area contributed by atoms with Crippen LogP contribution in [0.1, 0.15) is 29.2 Å². The molecule has 8 heteroatoms. The van der Waals surface area contributed by atoms with E-state index < -0.39 is 0 Å². The molecule has 0 N–H and O–H groups in total. The Labute approximate surface area is 184 Å². The van der Waals surface area contributed by atoms with E-state index in [1.165, 1.54) is 11.8 Å². The third kappa shape index (κ3) is 5.43. The first kappa shape index (κ1) is 21.9. The van der Waals surface area contributed by atoms with Gasteiger partial charge in [-0.05, 0) is 43.3 Å². The second kappa shape index (κ2) is 10.3. The van der Waals surface area contributed by atoms with Gasteiger partial charge in [0.25, 0.3) is 0 Å². The molecule has 0 radical (unpaired) electrons. The zero-order valence-electron chi connectivity index (χ0n) is 16.7. The molecule has 30 heavy (non-hydrogen) atoms. The summed E-state index contributed by atoms with van der Waals surface area (Å²) in [6.07, 6.45) is 1.40. The van der Waals surface area contributed by atoms with Crippen molar-refractivity contribution in [2.75, 3.05) is 12.9 Å². The van der Waals surface area contributed by atoms with Crippen LogP contribution in [0.25, 0.3) is 0 Å². The molecule has 0 bridgehead atoms. The molecule has 1 heterocycles. The van der Waals surface area contributed by atoms with Crippen LogP contribution >= 0.6 is 23.4 Å². The van der Waals surface area contributed by atoms with Crippen molar-refractivity contribution in [1.29, 1.82) is 0 Å². The fourth-order valence-electron chi connectivity index (χ4n) is 2.79. The maximum absolute atomic E-state index is 12.5. The average Bonchev–Trinajstić information content (AvgIpc) is 3.15. The van der Waals surface area contributed by atoms with Gasteiger partial charge in [0.2, 0.25) is 0 Å². The molecule has 3 rings (SSSR count). The topological polar surface area (TPSA) is 66.2 Å². The molecule has 0 saturated carbocycles. The zero-order valence-corrected chi connectivity index (χ0v) is 18.3. The molecule has 156 valence electrons. The number of methoxy groups -OCH3 is 1. The molecule has 0 amide bonds. The predicted molar refractivity (Wildman–Crippen MR) is 119 cm³/mol. The summed E-state index contributed by atoms with van der Waals surface area (Å²) < 4.78 is 13.2. The SMILES string of the molecule is C=CCn1c(SCC(=O)c2ccc(Cl)cc2)nnc1C(C)Oc1cccc(OC)c1. The van der Waals surface area contributed by atoms with Gasteiger partial charge in [-0.1, -0.05) is 35.5 Å². The molecule has 1 aromatic heterocycles. The minimum absolute atomic E-state index is 0.00736. The molecule has 1 atom stereocenters. The van der Waals surface area contributed by atoms with Crippen LogP contribution in [0.3, 0.4) is 0 Å². The Morgan fingerprint density at radius 3 is 2.67 bits per heavy atom. The van der Waals surface area contributed by atoms with Crippen LogP contribution in [0.2, 0.25) is 5.02 Å². The van der Waals surface area contributed by atoms with Crippen molar-refractivity contribution in [3.63, 3.8) is 0 Å². The fourth-order valence-corrected chi connectivity index (χ4v) is 3.76. The first-order chi connectivity index (χ1) is 14.5. The molecule has 2 aromatic carbocycles. The lowest BCUT2D eigenvalue weighted by molar-refractivity contribution is 0.102. The Morgan fingerprint density at radius 1 is 1.23 bits per heavy atom. The van der Waals surface area contributed by atoms with Crippen LogP contribution in [0.15, 0.2) is 66.3 Å². The van der Waals surface area contributed by atoms with Gasteiger partial charge < -0.3 is 9.47 Å². The molecule has 3 aromatic rings. The Hall–Kier alpha value is -2.77. The van der Waals surface area contributed by atoms with Crippen molar-refractivity contribution in [3.05, 3.63) is 77.6 Å². The monoisotopic (exact) mass is 443 g/mol. The number of carbonyl (C=O) groups excluding carboxylic acids is 1. The van der Waals surface area contributed by atoms with E-state index in [4.69, 9.17) is 21.1 Å². The number of carbonyl (C=O) groups is 1. The molecule has 0 aliphatic rings. The van der Waals surface area contributed by atoms with E-state index in [-0.39, 0.29) is 17.6 Å². The highest BCUT2D eigenvalue weighted by Crippen LogP contribution is 2.27. The third-order valence-corrected chi connectivity index (χ3v) is 5.49. The average molecular weight is 444 g/mol. The lowest BCUT2D eigenvalue weighted by Crippen LogP contribution is -2.12. The smallest absolute Gasteiger partial charge is 0.192 e. The number of nitrogens with zero attached hydrogens (tertiary/aromatic N) is 3. The predicted octanol–water partition coefficient (Wildman–Crippen LogP) is 5.24. The van der Waals surface area contributed by atoms with Gasteiger partial charge in [0, 0.05) is 23.2 Å². The molecule has 1 unspecified atom stereocenters. The highest BCUT2D eigenvalue weighted by atomic mass is 35.5. The largest absolute Gasteiger partial charge is 0.497 e. The lowest BCUT2D eigenvalue weighted by atomic mass is 10.1. The maximum Gasteiger partial charge on any atom is 0.192 e. The van der Waals surface area contributed by atoms with Crippen LogP contribution in [0.5, 0.6) is 11.5 Å². The van der Waals surface area contributed by atoms with Crippen molar-refractivity contribution in [2.45, 2.75) is 24.7 Å². The molecule has 6 nitrogen and oxygen atoms in total. The van der Waals surface area contributed by atoms with Gasteiger partial charge in [0.05, 0.1) is 12.9 Å². The number of rotatable bonds is 10. The summed E-state index contributed by atoms with van der Waals surface area (Å²) in [5.41, 5.74) is 0.608. The van der Waals surface area contributed by atoms with E-state index in [0.29, 0.717) is 39.6 Å². The Bertz CT molecular complexity index is 1020.